The fourth-order valence-corrected chi connectivity index (χ4v) is 2.01. The molecule has 0 aliphatic carbocycles. The number of thiocarbonyl (C=S) groups is 1. The van der Waals surface area contributed by atoms with Crippen LogP contribution in [-0.2, 0) is 0 Å². The van der Waals surface area contributed by atoms with Crippen LogP contribution in [0.3, 0.4) is 0 Å². The van der Waals surface area contributed by atoms with E-state index in [0.717, 1.165) is 0 Å². The molecular formula is C14H14N4O3S. The summed E-state index contributed by atoms with van der Waals surface area (Å²) in [5.41, 5.74) is 7.33. The van der Waals surface area contributed by atoms with Crippen molar-refractivity contribution in [1.29, 1.82) is 0 Å². The van der Waals surface area contributed by atoms with Crippen LogP contribution in [0.25, 0.3) is 0 Å². The predicted octanol–water partition coefficient (Wildman–Crippen LogP) is 2.99. The molecule has 8 heteroatoms. The number of non-ortho nitro benzene ring substituents is 1. The van der Waals surface area contributed by atoms with Gasteiger partial charge in [0.05, 0.1) is 29.1 Å². The fourth-order valence-electron chi connectivity index (χ4n) is 1.79. The number of nitrogens with zero attached hydrogens (tertiary/aromatic N) is 1. The SMILES string of the molecule is COc1ccc([N+](=O)[O-])cc1NC(=S)Nc1ccccc1N. The molecule has 2 aromatic carbocycles. The first-order valence-corrected chi connectivity index (χ1v) is 6.67. The normalized spacial score (nSPS) is 9.86. The molecule has 0 fully saturated rings. The van der Waals surface area contributed by atoms with Crippen molar-refractivity contribution in [3.05, 3.63) is 52.6 Å². The first-order chi connectivity index (χ1) is 10.5. The average molecular weight is 318 g/mol. The van der Waals surface area contributed by atoms with Crippen LogP contribution >= 0.6 is 12.2 Å². The van der Waals surface area contributed by atoms with Crippen LogP contribution in [0.2, 0.25) is 0 Å². The van der Waals surface area contributed by atoms with E-state index in [2.05, 4.69) is 10.6 Å². The van der Waals surface area contributed by atoms with E-state index in [1.807, 2.05) is 6.07 Å². The van der Waals surface area contributed by atoms with Gasteiger partial charge in [0.2, 0.25) is 0 Å². The number of nitrogen functional groups attached to an aromatic ring is 1. The second-order valence-corrected chi connectivity index (χ2v) is 4.72. The summed E-state index contributed by atoms with van der Waals surface area (Å²) in [6, 6.07) is 11.3. The maximum absolute atomic E-state index is 10.8. The van der Waals surface area contributed by atoms with Crippen LogP contribution < -0.4 is 21.1 Å². The molecule has 7 nitrogen and oxygen atoms in total. The number of nitrogens with one attached hydrogen (secondary N) is 2. The van der Waals surface area contributed by atoms with Gasteiger partial charge in [0.25, 0.3) is 5.69 Å². The van der Waals surface area contributed by atoms with Gasteiger partial charge in [0.15, 0.2) is 5.11 Å². The highest BCUT2D eigenvalue weighted by Gasteiger charge is 2.12. The summed E-state index contributed by atoms with van der Waals surface area (Å²) in [6.45, 7) is 0. The third-order valence-corrected chi connectivity index (χ3v) is 3.06. The monoisotopic (exact) mass is 318 g/mol. The zero-order chi connectivity index (χ0) is 16.1. The second-order valence-electron chi connectivity index (χ2n) is 4.31. The molecule has 0 aliphatic rings. The minimum absolute atomic E-state index is 0.0645. The minimum atomic E-state index is -0.490. The van der Waals surface area contributed by atoms with Gasteiger partial charge in [-0.3, -0.25) is 10.1 Å². The number of nitro groups is 1. The average Bonchev–Trinajstić information content (AvgIpc) is 2.49. The van der Waals surface area contributed by atoms with E-state index in [1.165, 1.54) is 25.3 Å². The van der Waals surface area contributed by atoms with Crippen molar-refractivity contribution < 1.29 is 9.66 Å². The number of para-hydroxylation sites is 2. The van der Waals surface area contributed by atoms with Gasteiger partial charge in [-0.15, -0.1) is 0 Å². The van der Waals surface area contributed by atoms with Gasteiger partial charge in [-0.05, 0) is 30.4 Å². The van der Waals surface area contributed by atoms with Gasteiger partial charge in [0, 0.05) is 12.1 Å². The zero-order valence-corrected chi connectivity index (χ0v) is 12.5. The Kier molecular flexibility index (Phi) is 4.74. The number of hydrogen-bond donors (Lipinski definition) is 3. The van der Waals surface area contributed by atoms with Crippen molar-refractivity contribution in [3.8, 4) is 5.75 Å². The molecule has 0 radical (unpaired) electrons. The maximum atomic E-state index is 10.8. The van der Waals surface area contributed by atoms with Gasteiger partial charge in [0.1, 0.15) is 5.75 Å². The Morgan fingerprint density at radius 2 is 1.91 bits per heavy atom. The van der Waals surface area contributed by atoms with Crippen molar-refractivity contribution >= 4 is 40.1 Å². The van der Waals surface area contributed by atoms with E-state index in [0.29, 0.717) is 22.8 Å². The number of anilines is 3. The topological polar surface area (TPSA) is 102 Å². The minimum Gasteiger partial charge on any atom is -0.495 e. The molecule has 0 aliphatic heterocycles. The molecule has 0 amide bonds. The summed E-state index contributed by atoms with van der Waals surface area (Å²) in [5, 5.41) is 16.9. The van der Waals surface area contributed by atoms with Crippen LogP contribution in [0.5, 0.6) is 5.75 Å². The summed E-state index contributed by atoms with van der Waals surface area (Å²) >= 11 is 5.19. The first kappa shape index (κ1) is 15.5. The van der Waals surface area contributed by atoms with E-state index in [9.17, 15) is 10.1 Å². The standard InChI is InChI=1S/C14H14N4O3S/c1-21-13-7-6-9(18(19)20)8-12(13)17-14(22)16-11-5-3-2-4-10(11)15/h2-8H,15H2,1H3,(H2,16,17,22). The molecule has 4 N–H and O–H groups in total. The lowest BCUT2D eigenvalue weighted by atomic mass is 10.2. The van der Waals surface area contributed by atoms with Crippen molar-refractivity contribution in [2.24, 2.45) is 0 Å². The van der Waals surface area contributed by atoms with E-state index >= 15 is 0 Å². The highest BCUT2D eigenvalue weighted by atomic mass is 32.1. The number of benzene rings is 2. The van der Waals surface area contributed by atoms with Crippen LogP contribution in [0.15, 0.2) is 42.5 Å². The number of hydrogen-bond acceptors (Lipinski definition) is 5. The van der Waals surface area contributed by atoms with Gasteiger partial charge in [-0.25, -0.2) is 0 Å². The predicted molar refractivity (Wildman–Crippen MR) is 90.3 cm³/mol. The van der Waals surface area contributed by atoms with Gasteiger partial charge in [-0.1, -0.05) is 12.1 Å². The number of ether oxygens (including phenoxy) is 1. The second kappa shape index (κ2) is 6.72. The van der Waals surface area contributed by atoms with Gasteiger partial charge >= 0.3 is 0 Å². The molecule has 0 bridgehead atoms. The Balaban J connectivity index is 2.19. The Morgan fingerprint density at radius 1 is 1.23 bits per heavy atom. The molecule has 0 heterocycles. The summed E-state index contributed by atoms with van der Waals surface area (Å²) in [7, 11) is 1.47. The van der Waals surface area contributed by atoms with Gasteiger partial charge in [-0.2, -0.15) is 0 Å². The summed E-state index contributed by atoms with van der Waals surface area (Å²) in [6.07, 6.45) is 0. The van der Waals surface area contributed by atoms with Gasteiger partial charge < -0.3 is 21.1 Å². The lowest BCUT2D eigenvalue weighted by Gasteiger charge is -2.14. The first-order valence-electron chi connectivity index (χ1n) is 6.26. The number of rotatable bonds is 4. The van der Waals surface area contributed by atoms with Crippen molar-refractivity contribution in [3.63, 3.8) is 0 Å². The maximum Gasteiger partial charge on any atom is 0.271 e. The smallest absolute Gasteiger partial charge is 0.271 e. The Morgan fingerprint density at radius 3 is 2.55 bits per heavy atom. The molecule has 22 heavy (non-hydrogen) atoms. The molecular weight excluding hydrogens is 304 g/mol. The number of methoxy groups -OCH3 is 1. The van der Waals surface area contributed by atoms with Crippen molar-refractivity contribution in [2.45, 2.75) is 0 Å². The van der Waals surface area contributed by atoms with E-state index in [-0.39, 0.29) is 10.8 Å². The van der Waals surface area contributed by atoms with E-state index in [4.69, 9.17) is 22.7 Å². The van der Waals surface area contributed by atoms with Crippen LogP contribution in [-0.4, -0.2) is 17.1 Å². The molecule has 0 saturated heterocycles. The Labute approximate surface area is 132 Å². The Bertz CT molecular complexity index is 721. The molecule has 0 unspecified atom stereocenters. The number of nitrogens with two attached hydrogens (primary N) is 1. The van der Waals surface area contributed by atoms with Crippen LogP contribution in [0.4, 0.5) is 22.7 Å². The molecule has 2 aromatic rings. The lowest BCUT2D eigenvalue weighted by molar-refractivity contribution is -0.384. The quantitative estimate of drug-likeness (QED) is 0.344. The molecule has 0 atom stereocenters. The van der Waals surface area contributed by atoms with Crippen LogP contribution in [0.1, 0.15) is 0 Å². The lowest BCUT2D eigenvalue weighted by Crippen LogP contribution is -2.20. The van der Waals surface area contributed by atoms with Crippen LogP contribution in [0, 0.1) is 10.1 Å². The Hall–Kier alpha value is -2.87. The largest absolute Gasteiger partial charge is 0.495 e. The third-order valence-electron chi connectivity index (χ3n) is 2.85. The highest BCUT2D eigenvalue weighted by Crippen LogP contribution is 2.29. The summed E-state index contributed by atoms with van der Waals surface area (Å²) in [5.74, 6) is 0.441. The highest BCUT2D eigenvalue weighted by molar-refractivity contribution is 7.80. The summed E-state index contributed by atoms with van der Waals surface area (Å²) in [4.78, 5) is 10.4. The molecule has 0 spiro atoms. The number of nitro benzene ring substituents is 1. The fraction of sp³-hybridized carbons (Fsp3) is 0.0714. The van der Waals surface area contributed by atoms with Crippen molar-refractivity contribution in [1.82, 2.24) is 0 Å². The van der Waals surface area contributed by atoms with Crippen molar-refractivity contribution in [2.75, 3.05) is 23.5 Å². The summed E-state index contributed by atoms with van der Waals surface area (Å²) < 4.78 is 5.16. The zero-order valence-electron chi connectivity index (χ0n) is 11.7. The molecule has 0 saturated carbocycles. The molecule has 2 rings (SSSR count). The van der Waals surface area contributed by atoms with E-state index < -0.39 is 4.92 Å². The molecule has 0 aromatic heterocycles. The van der Waals surface area contributed by atoms with E-state index in [1.54, 1.807) is 18.2 Å². The molecule has 114 valence electrons. The third kappa shape index (κ3) is 3.61.